The topological polar surface area (TPSA) is 34.4 Å². The number of hydrogen-bond donors (Lipinski definition) is 0. The Bertz CT molecular complexity index is 738. The van der Waals surface area contributed by atoms with E-state index in [0.717, 1.165) is 33.1 Å². The van der Waals surface area contributed by atoms with Crippen molar-refractivity contribution in [1.29, 1.82) is 0 Å². The van der Waals surface area contributed by atoms with Crippen molar-refractivity contribution in [3.05, 3.63) is 71.5 Å². The van der Waals surface area contributed by atoms with Crippen LogP contribution in [0.1, 0.15) is 11.3 Å². The van der Waals surface area contributed by atoms with Gasteiger partial charge in [0.15, 0.2) is 0 Å². The number of halogens is 1. The van der Waals surface area contributed by atoms with E-state index in [1.54, 1.807) is 22.7 Å². The van der Waals surface area contributed by atoms with Crippen LogP contribution in [0.25, 0.3) is 17.2 Å². The predicted molar refractivity (Wildman–Crippen MR) is 86.4 cm³/mol. The molecule has 2 heterocycles. The van der Waals surface area contributed by atoms with Gasteiger partial charge in [-0.05, 0) is 24.3 Å². The van der Waals surface area contributed by atoms with Gasteiger partial charge in [-0.3, -0.25) is 4.79 Å². The number of carbonyl (C=O) groups is 1. The fraction of sp³-hybridized carbons (Fsp3) is 0. The van der Waals surface area contributed by atoms with E-state index in [2.05, 4.69) is 34.2 Å². The summed E-state index contributed by atoms with van der Waals surface area (Å²) in [6.45, 7) is 7.49. The zero-order chi connectivity index (χ0) is 14.5. The first-order valence-corrected chi connectivity index (χ1v) is 6.75. The van der Waals surface area contributed by atoms with E-state index in [4.69, 9.17) is 0 Å². The van der Waals surface area contributed by atoms with Crippen molar-refractivity contribution in [2.75, 3.05) is 0 Å². The maximum Gasteiger partial charge on any atom is 0.142 e. The summed E-state index contributed by atoms with van der Waals surface area (Å²) < 4.78 is 2.72. The summed E-state index contributed by atoms with van der Waals surface area (Å²) in [5.41, 5.74) is 3.39. The summed E-state index contributed by atoms with van der Waals surface area (Å²) in [5, 5.41) is 4.54. The van der Waals surface area contributed by atoms with Crippen LogP contribution in [0.4, 0.5) is 0 Å². The molecule has 0 aliphatic heterocycles. The lowest BCUT2D eigenvalue weighted by Gasteiger charge is -1.98. The lowest BCUT2D eigenvalue weighted by Crippen LogP contribution is -1.87. The van der Waals surface area contributed by atoms with Gasteiger partial charge in [0.25, 0.3) is 0 Å². The van der Waals surface area contributed by atoms with Gasteiger partial charge >= 0.3 is 0 Å². The van der Waals surface area contributed by atoms with Crippen molar-refractivity contribution in [3.63, 3.8) is 0 Å². The van der Waals surface area contributed by atoms with E-state index in [1.807, 2.05) is 24.4 Å². The molecule has 0 atom stereocenters. The molecule has 100 valence electrons. The Morgan fingerprint density at radius 1 is 1.40 bits per heavy atom. The molecule has 2 aromatic heterocycles. The number of fused-ring (bicyclic) bond motifs is 1. The number of aldehydes is 1. The molecule has 0 saturated heterocycles. The summed E-state index contributed by atoms with van der Waals surface area (Å²) >= 11 is 3.44. The normalized spacial score (nSPS) is 11.9. The minimum atomic E-state index is 0.746. The van der Waals surface area contributed by atoms with Crippen molar-refractivity contribution in [1.82, 2.24) is 9.61 Å². The number of rotatable bonds is 5. The van der Waals surface area contributed by atoms with Gasteiger partial charge in [-0.2, -0.15) is 5.10 Å². The van der Waals surface area contributed by atoms with Gasteiger partial charge < -0.3 is 0 Å². The molecule has 2 aromatic rings. The second-order valence-electron chi connectivity index (χ2n) is 3.99. The molecule has 0 aromatic carbocycles. The molecule has 0 aliphatic carbocycles. The standard InChI is InChI=1S/C16H13BrN2O/c1-3-6-12(4-2)16-14(7-5-10-20)15-11-13(17)8-9-19(15)18-16/h3-11H,1-2H2/b7-5+,12-6+. The highest BCUT2D eigenvalue weighted by Crippen LogP contribution is 2.26. The Labute approximate surface area is 125 Å². The Morgan fingerprint density at radius 3 is 2.85 bits per heavy atom. The first-order chi connectivity index (χ1) is 9.71. The third-order valence-electron chi connectivity index (χ3n) is 2.77. The van der Waals surface area contributed by atoms with Crippen LogP contribution in [0.5, 0.6) is 0 Å². The quantitative estimate of drug-likeness (QED) is 0.471. The highest BCUT2D eigenvalue weighted by molar-refractivity contribution is 9.10. The zero-order valence-electron chi connectivity index (χ0n) is 10.8. The van der Waals surface area contributed by atoms with E-state index < -0.39 is 0 Å². The van der Waals surface area contributed by atoms with Gasteiger partial charge in [-0.1, -0.05) is 47.3 Å². The Morgan fingerprint density at radius 2 is 2.20 bits per heavy atom. The minimum absolute atomic E-state index is 0.746. The van der Waals surface area contributed by atoms with Crippen LogP contribution in [-0.2, 0) is 4.79 Å². The fourth-order valence-corrected chi connectivity index (χ4v) is 2.26. The number of pyridine rings is 1. The molecular weight excluding hydrogens is 316 g/mol. The van der Waals surface area contributed by atoms with Crippen LogP contribution in [0.3, 0.4) is 0 Å². The van der Waals surface area contributed by atoms with Crippen LogP contribution in [0, 0.1) is 0 Å². The number of hydrogen-bond acceptors (Lipinski definition) is 2. The van der Waals surface area contributed by atoms with Crippen molar-refractivity contribution < 1.29 is 4.79 Å². The van der Waals surface area contributed by atoms with Crippen LogP contribution in [-0.4, -0.2) is 15.9 Å². The summed E-state index contributed by atoms with van der Waals surface area (Å²) in [6, 6.07) is 3.86. The fourth-order valence-electron chi connectivity index (χ4n) is 1.92. The molecule has 0 bridgehead atoms. The van der Waals surface area contributed by atoms with E-state index in [9.17, 15) is 4.79 Å². The Hall–Kier alpha value is -2.20. The van der Waals surface area contributed by atoms with Gasteiger partial charge in [0.2, 0.25) is 0 Å². The van der Waals surface area contributed by atoms with Crippen LogP contribution in [0.2, 0.25) is 0 Å². The molecule has 0 spiro atoms. The number of aromatic nitrogens is 2. The van der Waals surface area contributed by atoms with Crippen LogP contribution < -0.4 is 0 Å². The van der Waals surface area contributed by atoms with Crippen molar-refractivity contribution in [2.24, 2.45) is 0 Å². The average Bonchev–Trinajstić information content (AvgIpc) is 2.80. The molecule has 0 saturated carbocycles. The predicted octanol–water partition coefficient (Wildman–Crippen LogP) is 4.06. The lowest BCUT2D eigenvalue weighted by molar-refractivity contribution is -0.104. The average molecular weight is 329 g/mol. The summed E-state index contributed by atoms with van der Waals surface area (Å²) in [6.07, 6.45) is 11.0. The second-order valence-corrected chi connectivity index (χ2v) is 4.91. The first-order valence-electron chi connectivity index (χ1n) is 5.96. The minimum Gasteiger partial charge on any atom is -0.299 e. The van der Waals surface area contributed by atoms with Gasteiger partial charge in [0.1, 0.15) is 12.0 Å². The monoisotopic (exact) mass is 328 g/mol. The third-order valence-corrected chi connectivity index (χ3v) is 3.26. The molecule has 0 amide bonds. The first kappa shape index (κ1) is 14.2. The summed E-state index contributed by atoms with van der Waals surface area (Å²) in [5.74, 6) is 0. The largest absolute Gasteiger partial charge is 0.299 e. The maximum atomic E-state index is 10.6. The van der Waals surface area contributed by atoms with Gasteiger partial charge in [-0.15, -0.1) is 0 Å². The number of carbonyl (C=O) groups excluding carboxylic acids is 1. The molecule has 4 heteroatoms. The van der Waals surface area contributed by atoms with Crippen molar-refractivity contribution >= 4 is 39.4 Å². The second kappa shape index (κ2) is 6.30. The van der Waals surface area contributed by atoms with E-state index in [-0.39, 0.29) is 0 Å². The van der Waals surface area contributed by atoms with Crippen LogP contribution >= 0.6 is 15.9 Å². The molecular formula is C16H13BrN2O. The SMILES string of the molecule is C=C/C=C(\C=C)c1nn2ccc(Br)cc2c1/C=C/C=O. The van der Waals surface area contributed by atoms with Crippen molar-refractivity contribution in [3.8, 4) is 0 Å². The molecule has 0 unspecified atom stereocenters. The smallest absolute Gasteiger partial charge is 0.142 e. The van der Waals surface area contributed by atoms with Crippen molar-refractivity contribution in [2.45, 2.75) is 0 Å². The molecule has 0 fully saturated rings. The Kier molecular flexibility index (Phi) is 4.48. The number of nitrogens with zero attached hydrogens (tertiary/aromatic N) is 2. The molecule has 0 N–H and O–H groups in total. The van der Waals surface area contributed by atoms with Crippen LogP contribution in [0.15, 0.2) is 60.3 Å². The maximum absolute atomic E-state index is 10.6. The number of allylic oxidation sites excluding steroid dienone is 5. The molecule has 2 rings (SSSR count). The summed E-state index contributed by atoms with van der Waals surface area (Å²) in [7, 11) is 0. The van der Waals surface area contributed by atoms with E-state index in [0.29, 0.717) is 0 Å². The molecule has 3 nitrogen and oxygen atoms in total. The van der Waals surface area contributed by atoms with E-state index in [1.165, 1.54) is 6.08 Å². The van der Waals surface area contributed by atoms with Gasteiger partial charge in [0.05, 0.1) is 5.52 Å². The highest BCUT2D eigenvalue weighted by atomic mass is 79.9. The van der Waals surface area contributed by atoms with Gasteiger partial charge in [-0.25, -0.2) is 4.52 Å². The molecule has 0 radical (unpaired) electrons. The zero-order valence-corrected chi connectivity index (χ0v) is 12.4. The Balaban J connectivity index is 2.78. The molecule has 20 heavy (non-hydrogen) atoms. The molecule has 0 aliphatic rings. The third kappa shape index (κ3) is 2.70. The highest BCUT2D eigenvalue weighted by Gasteiger charge is 2.12. The lowest BCUT2D eigenvalue weighted by atomic mass is 10.1. The van der Waals surface area contributed by atoms with E-state index >= 15 is 0 Å². The summed E-state index contributed by atoms with van der Waals surface area (Å²) in [4.78, 5) is 10.6. The van der Waals surface area contributed by atoms with Gasteiger partial charge in [0, 0.05) is 21.8 Å².